The molecule has 4 amide bonds. The lowest BCUT2D eigenvalue weighted by Gasteiger charge is -2.35. The monoisotopic (exact) mass is 546 g/mol. The molecule has 2 aliphatic heterocycles. The van der Waals surface area contributed by atoms with Crippen LogP contribution in [0.2, 0.25) is 5.02 Å². The first-order valence-corrected chi connectivity index (χ1v) is 12.8. The number of anilines is 1. The summed E-state index contributed by atoms with van der Waals surface area (Å²) in [4.78, 5) is 47.0. The van der Waals surface area contributed by atoms with E-state index in [4.69, 9.17) is 16.3 Å². The van der Waals surface area contributed by atoms with Crippen LogP contribution in [-0.4, -0.2) is 41.4 Å². The van der Waals surface area contributed by atoms with Gasteiger partial charge in [0.1, 0.15) is 11.6 Å². The Balaban J connectivity index is 1.36. The average Bonchev–Trinajstić information content (AvgIpc) is 3.40. The number of para-hydroxylation sites is 1. The fourth-order valence-corrected chi connectivity index (χ4v) is 5.81. The van der Waals surface area contributed by atoms with E-state index in [0.29, 0.717) is 24.4 Å². The number of aromatic amines is 1. The smallest absolute Gasteiger partial charge is 0.332 e. The second kappa shape index (κ2) is 9.13. The number of carbonyl (C=O) groups is 3. The topological polar surface area (TPSA) is 94.7 Å². The van der Waals surface area contributed by atoms with E-state index in [-0.39, 0.29) is 28.4 Å². The normalized spacial score (nSPS) is 18.4. The van der Waals surface area contributed by atoms with Gasteiger partial charge in [-0.05, 0) is 61.4 Å². The van der Waals surface area contributed by atoms with Gasteiger partial charge in [-0.1, -0.05) is 29.8 Å². The molecule has 10 heteroatoms. The maximum Gasteiger partial charge on any atom is 0.332 e. The third-order valence-electron chi connectivity index (χ3n) is 7.64. The first-order valence-electron chi connectivity index (χ1n) is 12.4. The van der Waals surface area contributed by atoms with Crippen LogP contribution in [0.25, 0.3) is 10.9 Å². The highest BCUT2D eigenvalue weighted by Gasteiger charge is 2.59. The number of urea groups is 1. The van der Waals surface area contributed by atoms with Crippen molar-refractivity contribution in [1.29, 1.82) is 0 Å². The molecular formula is C29H24ClFN4O4. The van der Waals surface area contributed by atoms with Gasteiger partial charge >= 0.3 is 6.03 Å². The molecule has 4 aromatic rings. The highest BCUT2D eigenvalue weighted by atomic mass is 35.5. The van der Waals surface area contributed by atoms with E-state index in [9.17, 15) is 18.8 Å². The molecule has 0 unspecified atom stereocenters. The Morgan fingerprint density at radius 2 is 1.95 bits per heavy atom. The molecule has 0 bridgehead atoms. The number of methoxy groups -OCH3 is 1. The zero-order valence-corrected chi connectivity index (χ0v) is 21.9. The molecule has 8 nitrogen and oxygen atoms in total. The van der Waals surface area contributed by atoms with Crippen molar-refractivity contribution in [3.8, 4) is 5.75 Å². The van der Waals surface area contributed by atoms with Gasteiger partial charge in [-0.15, -0.1) is 0 Å². The van der Waals surface area contributed by atoms with E-state index in [2.05, 4.69) is 10.3 Å². The molecule has 2 N–H and O–H groups in total. The van der Waals surface area contributed by atoms with Crippen LogP contribution >= 0.6 is 11.6 Å². The van der Waals surface area contributed by atoms with Crippen molar-refractivity contribution in [2.75, 3.05) is 18.6 Å². The summed E-state index contributed by atoms with van der Waals surface area (Å²) in [5, 5.41) is 3.79. The van der Waals surface area contributed by atoms with Crippen LogP contribution in [-0.2, 0) is 23.3 Å². The highest BCUT2D eigenvalue weighted by molar-refractivity contribution is 6.31. The van der Waals surface area contributed by atoms with Crippen molar-refractivity contribution in [3.63, 3.8) is 0 Å². The quantitative estimate of drug-likeness (QED) is 0.339. The lowest BCUT2D eigenvalue weighted by molar-refractivity contribution is -0.125. The van der Waals surface area contributed by atoms with Crippen LogP contribution in [0.3, 0.4) is 0 Å². The van der Waals surface area contributed by atoms with E-state index in [1.807, 2.05) is 18.2 Å². The molecule has 0 aliphatic carbocycles. The minimum absolute atomic E-state index is 0.108. The van der Waals surface area contributed by atoms with E-state index in [0.717, 1.165) is 21.4 Å². The Labute approximate surface area is 228 Å². The van der Waals surface area contributed by atoms with Crippen molar-refractivity contribution < 1.29 is 23.5 Å². The Morgan fingerprint density at radius 3 is 2.72 bits per heavy atom. The molecule has 39 heavy (non-hydrogen) atoms. The van der Waals surface area contributed by atoms with E-state index in [1.165, 1.54) is 29.2 Å². The Bertz CT molecular complexity index is 1670. The summed E-state index contributed by atoms with van der Waals surface area (Å²) < 4.78 is 19.6. The van der Waals surface area contributed by atoms with Gasteiger partial charge in [-0.3, -0.25) is 9.59 Å². The molecule has 6 rings (SSSR count). The van der Waals surface area contributed by atoms with Crippen molar-refractivity contribution in [2.24, 2.45) is 0 Å². The third kappa shape index (κ3) is 3.68. The second-order valence-electron chi connectivity index (χ2n) is 9.69. The van der Waals surface area contributed by atoms with Gasteiger partial charge in [0.2, 0.25) is 0 Å². The number of imide groups is 1. The standard InChI is InChI=1S/C29H24ClFN4O4/c1-29-25-17(19-14-16(39-2)10-11-23(19)33-25)12-13-34(29)28(38)35(27(29)37)24-9-4-3-6-18(24)26(36)32-15-20-21(30)7-5-8-22(20)31/h3-11,14,33H,12-13,15H2,1-2H3,(H,32,36)/t29-/m0/s1. The molecule has 1 saturated heterocycles. The summed E-state index contributed by atoms with van der Waals surface area (Å²) in [7, 11) is 1.60. The zero-order chi connectivity index (χ0) is 27.5. The Hall–Kier alpha value is -4.37. The minimum atomic E-state index is -1.29. The number of H-pyrrole nitrogens is 1. The highest BCUT2D eigenvalue weighted by Crippen LogP contribution is 2.46. The number of hydrogen-bond acceptors (Lipinski definition) is 4. The largest absolute Gasteiger partial charge is 0.497 e. The van der Waals surface area contributed by atoms with Crippen LogP contribution in [0, 0.1) is 5.82 Å². The predicted octanol–water partition coefficient (Wildman–Crippen LogP) is 5.14. The third-order valence-corrected chi connectivity index (χ3v) is 8.00. The fourth-order valence-electron chi connectivity index (χ4n) is 5.58. The minimum Gasteiger partial charge on any atom is -0.497 e. The number of aromatic nitrogens is 1. The molecule has 0 radical (unpaired) electrons. The second-order valence-corrected chi connectivity index (χ2v) is 10.1. The SMILES string of the molecule is COc1ccc2[nH]c3c(c2c1)CCN1C(=O)N(c2ccccc2C(=O)NCc2c(F)cccc2Cl)C(=O)[C@]31C. The number of halogens is 2. The summed E-state index contributed by atoms with van der Waals surface area (Å²) in [6.45, 7) is 1.89. The summed E-state index contributed by atoms with van der Waals surface area (Å²) >= 11 is 6.10. The molecule has 3 aromatic carbocycles. The van der Waals surface area contributed by atoms with Gasteiger partial charge in [-0.25, -0.2) is 14.1 Å². The van der Waals surface area contributed by atoms with Crippen LogP contribution in [0.15, 0.2) is 60.7 Å². The van der Waals surface area contributed by atoms with Crippen molar-refractivity contribution >= 4 is 46.0 Å². The summed E-state index contributed by atoms with van der Waals surface area (Å²) in [5.74, 6) is -0.884. The van der Waals surface area contributed by atoms with Gasteiger partial charge in [0.05, 0.1) is 24.1 Å². The summed E-state index contributed by atoms with van der Waals surface area (Å²) in [5.41, 5.74) is 1.56. The number of ether oxygens (including phenoxy) is 1. The van der Waals surface area contributed by atoms with Crippen LogP contribution in [0.5, 0.6) is 5.75 Å². The first-order chi connectivity index (χ1) is 18.8. The number of benzene rings is 3. The van der Waals surface area contributed by atoms with Crippen molar-refractivity contribution in [2.45, 2.75) is 25.4 Å². The van der Waals surface area contributed by atoms with E-state index >= 15 is 0 Å². The maximum absolute atomic E-state index is 14.2. The lowest BCUT2D eigenvalue weighted by atomic mass is 9.87. The Kier molecular flexibility index (Phi) is 5.84. The predicted molar refractivity (Wildman–Crippen MR) is 145 cm³/mol. The molecule has 0 spiro atoms. The van der Waals surface area contributed by atoms with Crippen LogP contribution in [0.1, 0.15) is 34.1 Å². The summed E-state index contributed by atoms with van der Waals surface area (Å²) in [6.07, 6.45) is 0.552. The van der Waals surface area contributed by atoms with E-state index < -0.39 is 29.2 Å². The lowest BCUT2D eigenvalue weighted by Crippen LogP contribution is -2.49. The molecule has 3 heterocycles. The van der Waals surface area contributed by atoms with Gasteiger partial charge in [0, 0.05) is 34.6 Å². The molecule has 2 aliphatic rings. The number of hydrogen-bond donors (Lipinski definition) is 2. The number of amides is 4. The molecule has 1 aromatic heterocycles. The number of nitrogens with zero attached hydrogens (tertiary/aromatic N) is 2. The molecule has 198 valence electrons. The maximum atomic E-state index is 14.2. The van der Waals surface area contributed by atoms with Crippen LogP contribution < -0.4 is 15.0 Å². The molecule has 1 fully saturated rings. The van der Waals surface area contributed by atoms with E-state index in [1.54, 1.807) is 32.2 Å². The van der Waals surface area contributed by atoms with Gasteiger partial charge in [-0.2, -0.15) is 0 Å². The van der Waals surface area contributed by atoms with Crippen molar-refractivity contribution in [1.82, 2.24) is 15.2 Å². The van der Waals surface area contributed by atoms with Gasteiger partial charge < -0.3 is 19.9 Å². The fraction of sp³-hybridized carbons (Fsp3) is 0.207. The van der Waals surface area contributed by atoms with Crippen LogP contribution in [0.4, 0.5) is 14.9 Å². The molecule has 0 saturated carbocycles. The van der Waals surface area contributed by atoms with Gasteiger partial charge in [0.25, 0.3) is 11.8 Å². The van der Waals surface area contributed by atoms with Gasteiger partial charge in [0.15, 0.2) is 5.54 Å². The molecular weight excluding hydrogens is 523 g/mol. The summed E-state index contributed by atoms with van der Waals surface area (Å²) in [6, 6.07) is 15.8. The zero-order valence-electron chi connectivity index (χ0n) is 21.2. The number of rotatable bonds is 5. The first kappa shape index (κ1) is 24.9. The number of nitrogens with one attached hydrogen (secondary N) is 2. The number of carbonyl (C=O) groups excluding carboxylic acids is 3. The van der Waals surface area contributed by atoms with Crippen molar-refractivity contribution in [3.05, 3.63) is 93.9 Å². The average molecular weight is 547 g/mol. The number of fused-ring (bicyclic) bond motifs is 5. The Morgan fingerprint density at radius 1 is 1.15 bits per heavy atom. The molecule has 1 atom stereocenters.